The summed E-state index contributed by atoms with van der Waals surface area (Å²) in [7, 11) is 3.39. The lowest BCUT2D eigenvalue weighted by molar-refractivity contribution is -0.111. The van der Waals surface area contributed by atoms with E-state index >= 15 is 0 Å². The van der Waals surface area contributed by atoms with E-state index < -0.39 is 0 Å². The van der Waals surface area contributed by atoms with Gasteiger partial charge in [-0.25, -0.2) is 0 Å². The Morgan fingerprint density at radius 3 is 2.68 bits per heavy atom. The lowest BCUT2D eigenvalue weighted by Gasteiger charge is -2.08. The average Bonchev–Trinajstić information content (AvgIpc) is 2.92. The van der Waals surface area contributed by atoms with E-state index in [4.69, 9.17) is 0 Å². The molecule has 2 rings (SSSR count). The van der Waals surface area contributed by atoms with Crippen molar-refractivity contribution >= 4 is 23.6 Å². The summed E-state index contributed by atoms with van der Waals surface area (Å²) in [5, 5.41) is 9.37. The summed E-state index contributed by atoms with van der Waals surface area (Å²) in [4.78, 5) is 23.5. The van der Waals surface area contributed by atoms with Crippen LogP contribution in [0.25, 0.3) is 6.08 Å². The number of aromatic nitrogens is 2. The number of carbonyl (C=O) groups is 2. The number of hydrogen-bond donors (Lipinski definition) is 2. The number of anilines is 1. The van der Waals surface area contributed by atoms with Crippen molar-refractivity contribution in [3.8, 4) is 0 Å². The highest BCUT2D eigenvalue weighted by Crippen LogP contribution is 2.16. The normalized spacial score (nSPS) is 10.7. The highest BCUT2D eigenvalue weighted by molar-refractivity contribution is 6.03. The fourth-order valence-corrected chi connectivity index (χ4v) is 1.96. The molecule has 2 amide bonds. The summed E-state index contributed by atoms with van der Waals surface area (Å²) in [6, 6.07) is 5.13. The van der Waals surface area contributed by atoms with Gasteiger partial charge in [0.15, 0.2) is 0 Å². The number of nitrogens with one attached hydrogen (secondary N) is 2. The predicted molar refractivity (Wildman–Crippen MR) is 85.4 cm³/mol. The maximum atomic E-state index is 11.9. The molecule has 6 heteroatoms. The molecule has 22 heavy (non-hydrogen) atoms. The van der Waals surface area contributed by atoms with Crippen LogP contribution in [-0.2, 0) is 11.8 Å². The molecule has 0 bridgehead atoms. The number of nitrogens with zero attached hydrogens (tertiary/aromatic N) is 2. The molecule has 0 radical (unpaired) electrons. The summed E-state index contributed by atoms with van der Waals surface area (Å²) in [5.74, 6) is -0.392. The molecule has 0 saturated carbocycles. The maximum absolute atomic E-state index is 11.9. The summed E-state index contributed by atoms with van der Waals surface area (Å²) in [5.41, 5.74) is 2.91. The Bertz CT molecular complexity index is 731. The smallest absolute Gasteiger partial charge is 0.251 e. The van der Waals surface area contributed by atoms with E-state index in [-0.39, 0.29) is 11.8 Å². The van der Waals surface area contributed by atoms with Gasteiger partial charge in [-0.3, -0.25) is 14.3 Å². The van der Waals surface area contributed by atoms with Crippen molar-refractivity contribution in [3.63, 3.8) is 0 Å². The van der Waals surface area contributed by atoms with Crippen molar-refractivity contribution in [2.75, 3.05) is 12.4 Å². The summed E-state index contributed by atoms with van der Waals surface area (Å²) in [6.45, 7) is 1.84. The number of benzene rings is 1. The highest BCUT2D eigenvalue weighted by Gasteiger charge is 2.07. The molecule has 1 aromatic carbocycles. The van der Waals surface area contributed by atoms with Gasteiger partial charge in [-0.05, 0) is 36.8 Å². The van der Waals surface area contributed by atoms with Gasteiger partial charge in [-0.2, -0.15) is 5.10 Å². The van der Waals surface area contributed by atoms with Gasteiger partial charge in [0, 0.05) is 43.2 Å². The fraction of sp³-hybridized carbons (Fsp3) is 0.188. The lowest BCUT2D eigenvalue weighted by atomic mass is 10.1. The molecule has 1 heterocycles. The molecule has 0 aliphatic heterocycles. The Balaban J connectivity index is 2.05. The predicted octanol–water partition coefficient (Wildman–Crippen LogP) is 1.74. The Morgan fingerprint density at radius 2 is 2.09 bits per heavy atom. The first-order chi connectivity index (χ1) is 10.5. The SMILES string of the molecule is CNC(=O)c1ccc(NC(=O)/C=C\c2cnn(C)c2)c(C)c1. The monoisotopic (exact) mass is 298 g/mol. The van der Waals surface area contributed by atoms with Crippen LogP contribution in [-0.4, -0.2) is 28.6 Å². The zero-order valence-electron chi connectivity index (χ0n) is 12.8. The number of amides is 2. The van der Waals surface area contributed by atoms with Gasteiger partial charge in [0.2, 0.25) is 5.91 Å². The molecule has 2 N–H and O–H groups in total. The van der Waals surface area contributed by atoms with Gasteiger partial charge in [0.05, 0.1) is 6.20 Å². The Labute approximate surface area is 128 Å². The maximum Gasteiger partial charge on any atom is 0.251 e. The molecule has 0 aliphatic carbocycles. The molecular formula is C16H18N4O2. The highest BCUT2D eigenvalue weighted by atomic mass is 16.2. The molecule has 0 unspecified atom stereocenters. The van der Waals surface area contributed by atoms with E-state index in [2.05, 4.69) is 15.7 Å². The molecule has 114 valence electrons. The summed E-state index contributed by atoms with van der Waals surface area (Å²) in [6.07, 6.45) is 6.63. The van der Waals surface area contributed by atoms with Gasteiger partial charge in [0.25, 0.3) is 5.91 Å². The van der Waals surface area contributed by atoms with Crippen LogP contribution in [0.3, 0.4) is 0 Å². The Hall–Kier alpha value is -2.89. The zero-order chi connectivity index (χ0) is 16.1. The molecule has 0 atom stereocenters. The first-order valence-electron chi connectivity index (χ1n) is 6.80. The van der Waals surface area contributed by atoms with Crippen molar-refractivity contribution in [1.29, 1.82) is 0 Å². The molecule has 0 fully saturated rings. The van der Waals surface area contributed by atoms with Gasteiger partial charge in [-0.15, -0.1) is 0 Å². The molecule has 0 aliphatic rings. The Morgan fingerprint density at radius 1 is 1.32 bits per heavy atom. The van der Waals surface area contributed by atoms with E-state index in [9.17, 15) is 9.59 Å². The van der Waals surface area contributed by atoms with Crippen molar-refractivity contribution in [2.24, 2.45) is 7.05 Å². The topological polar surface area (TPSA) is 76.0 Å². The van der Waals surface area contributed by atoms with Crippen LogP contribution in [0, 0.1) is 6.92 Å². The third kappa shape index (κ3) is 3.82. The van der Waals surface area contributed by atoms with E-state index in [1.165, 1.54) is 6.08 Å². The minimum Gasteiger partial charge on any atom is -0.355 e. The van der Waals surface area contributed by atoms with E-state index in [1.807, 2.05) is 20.2 Å². The van der Waals surface area contributed by atoms with Crippen molar-refractivity contribution < 1.29 is 9.59 Å². The van der Waals surface area contributed by atoms with Crippen LogP contribution in [0.4, 0.5) is 5.69 Å². The molecule has 6 nitrogen and oxygen atoms in total. The summed E-state index contributed by atoms with van der Waals surface area (Å²) >= 11 is 0. The minimum absolute atomic E-state index is 0.155. The molecule has 1 aromatic heterocycles. The third-order valence-corrected chi connectivity index (χ3v) is 3.13. The van der Waals surface area contributed by atoms with Crippen LogP contribution in [0.15, 0.2) is 36.7 Å². The standard InChI is InChI=1S/C16H18N4O2/c1-11-8-13(16(22)17-2)5-6-14(11)19-15(21)7-4-12-9-18-20(3)10-12/h4-10H,1-3H3,(H,17,22)(H,19,21)/b7-4-. The number of rotatable bonds is 4. The molecule has 0 spiro atoms. The first kappa shape index (κ1) is 15.5. The molecule has 0 saturated heterocycles. The van der Waals surface area contributed by atoms with Gasteiger partial charge < -0.3 is 10.6 Å². The average molecular weight is 298 g/mol. The van der Waals surface area contributed by atoms with Crippen LogP contribution >= 0.6 is 0 Å². The van der Waals surface area contributed by atoms with Gasteiger partial charge in [-0.1, -0.05) is 0 Å². The fourth-order valence-electron chi connectivity index (χ4n) is 1.96. The summed E-state index contributed by atoms with van der Waals surface area (Å²) < 4.78 is 1.67. The minimum atomic E-state index is -0.236. The van der Waals surface area contributed by atoms with Gasteiger partial charge in [0.1, 0.15) is 0 Å². The quantitative estimate of drug-likeness (QED) is 0.844. The zero-order valence-corrected chi connectivity index (χ0v) is 12.8. The van der Waals surface area contributed by atoms with E-state index in [0.29, 0.717) is 11.3 Å². The largest absolute Gasteiger partial charge is 0.355 e. The van der Waals surface area contributed by atoms with Gasteiger partial charge >= 0.3 is 0 Å². The van der Waals surface area contributed by atoms with Crippen molar-refractivity contribution in [3.05, 3.63) is 53.4 Å². The van der Waals surface area contributed by atoms with E-state index in [0.717, 1.165) is 11.1 Å². The second kappa shape index (κ2) is 6.71. The van der Waals surface area contributed by atoms with Crippen LogP contribution < -0.4 is 10.6 Å². The number of hydrogen-bond acceptors (Lipinski definition) is 3. The number of aryl methyl sites for hydroxylation is 2. The first-order valence-corrected chi connectivity index (χ1v) is 6.80. The van der Waals surface area contributed by atoms with E-state index in [1.54, 1.807) is 42.2 Å². The Kier molecular flexibility index (Phi) is 4.73. The molecule has 2 aromatic rings. The van der Waals surface area contributed by atoms with Crippen molar-refractivity contribution in [2.45, 2.75) is 6.92 Å². The lowest BCUT2D eigenvalue weighted by Crippen LogP contribution is -2.18. The number of carbonyl (C=O) groups excluding carboxylic acids is 2. The van der Waals surface area contributed by atoms with Crippen molar-refractivity contribution in [1.82, 2.24) is 15.1 Å². The van der Waals surface area contributed by atoms with Crippen LogP contribution in [0.1, 0.15) is 21.5 Å². The molecular weight excluding hydrogens is 280 g/mol. The van der Waals surface area contributed by atoms with Crippen LogP contribution in [0.5, 0.6) is 0 Å². The van der Waals surface area contributed by atoms with Crippen LogP contribution in [0.2, 0.25) is 0 Å². The second-order valence-electron chi connectivity index (χ2n) is 4.88. The third-order valence-electron chi connectivity index (χ3n) is 3.13. The second-order valence-corrected chi connectivity index (χ2v) is 4.88.